The lowest BCUT2D eigenvalue weighted by atomic mass is 10.0. The fourth-order valence-electron chi connectivity index (χ4n) is 3.77. The Labute approximate surface area is 178 Å². The summed E-state index contributed by atoms with van der Waals surface area (Å²) in [4.78, 5) is 0. The van der Waals surface area contributed by atoms with E-state index >= 15 is 0 Å². The van der Waals surface area contributed by atoms with Crippen molar-refractivity contribution in [2.24, 2.45) is 0 Å². The van der Waals surface area contributed by atoms with Crippen molar-refractivity contribution >= 4 is 6.08 Å². The average molecular weight is 417 g/mol. The van der Waals surface area contributed by atoms with Crippen molar-refractivity contribution in [3.8, 4) is 0 Å². The summed E-state index contributed by atoms with van der Waals surface area (Å²) < 4.78 is 44.2. The molecule has 2 atom stereocenters. The number of halogens is 3. The summed E-state index contributed by atoms with van der Waals surface area (Å²) in [7, 11) is 0. The highest BCUT2D eigenvalue weighted by molar-refractivity contribution is 5.52. The number of alkyl halides is 3. The lowest BCUT2D eigenvalue weighted by molar-refractivity contribution is -0.137. The second-order valence-corrected chi connectivity index (χ2v) is 8.12. The van der Waals surface area contributed by atoms with E-state index in [1.54, 1.807) is 6.07 Å². The van der Waals surface area contributed by atoms with E-state index in [0.29, 0.717) is 5.56 Å². The summed E-state index contributed by atoms with van der Waals surface area (Å²) in [5, 5.41) is 0. The number of aryl methyl sites for hydroxylation is 1. The Balaban J connectivity index is 1.47. The van der Waals surface area contributed by atoms with Crippen molar-refractivity contribution < 1.29 is 17.9 Å². The van der Waals surface area contributed by atoms with Crippen LogP contribution in [0.3, 0.4) is 0 Å². The zero-order chi connectivity index (χ0) is 21.4. The van der Waals surface area contributed by atoms with Gasteiger partial charge in [-0.3, -0.25) is 0 Å². The van der Waals surface area contributed by atoms with Crippen LogP contribution in [0.2, 0.25) is 0 Å². The van der Waals surface area contributed by atoms with Gasteiger partial charge < -0.3 is 4.74 Å². The summed E-state index contributed by atoms with van der Waals surface area (Å²) in [6.45, 7) is 2.24. The van der Waals surface area contributed by atoms with Crippen molar-refractivity contribution in [3.63, 3.8) is 0 Å². The minimum absolute atomic E-state index is 0.166. The summed E-state index contributed by atoms with van der Waals surface area (Å²) in [6, 6.07) is 13.9. The largest absolute Gasteiger partial charge is 0.416 e. The highest BCUT2D eigenvalue weighted by atomic mass is 19.4. The van der Waals surface area contributed by atoms with Crippen LogP contribution in [-0.4, -0.2) is 6.10 Å². The Morgan fingerprint density at radius 3 is 2.40 bits per heavy atom. The van der Waals surface area contributed by atoms with Gasteiger partial charge in [0.25, 0.3) is 0 Å². The molecule has 1 aliphatic heterocycles. The molecule has 0 aliphatic carbocycles. The van der Waals surface area contributed by atoms with Gasteiger partial charge in [-0.2, -0.15) is 13.2 Å². The van der Waals surface area contributed by atoms with Crippen LogP contribution >= 0.6 is 0 Å². The Morgan fingerprint density at radius 1 is 0.900 bits per heavy atom. The predicted octanol–water partition coefficient (Wildman–Crippen LogP) is 8.15. The Bertz CT molecular complexity index is 825. The molecule has 0 amide bonds. The summed E-state index contributed by atoms with van der Waals surface area (Å²) in [5.41, 5.74) is 2.38. The van der Waals surface area contributed by atoms with Gasteiger partial charge in [-0.25, -0.2) is 0 Å². The lowest BCUT2D eigenvalue weighted by Gasteiger charge is -2.07. The Hall–Kier alpha value is -2.07. The molecule has 0 unspecified atom stereocenters. The third-order valence-electron chi connectivity index (χ3n) is 5.57. The van der Waals surface area contributed by atoms with E-state index in [-0.39, 0.29) is 12.2 Å². The molecule has 2 aromatic rings. The summed E-state index contributed by atoms with van der Waals surface area (Å²) in [5.74, 6) is 0. The Kier molecular flexibility index (Phi) is 8.15. The van der Waals surface area contributed by atoms with Gasteiger partial charge in [0.05, 0.1) is 5.56 Å². The topological polar surface area (TPSA) is 12.5 Å². The SMILES string of the molecule is CCCCCCCCCc1cccc(C=C[C@@H]2O[C@H]2c2cccc(C(F)(F)F)c2)c1. The smallest absolute Gasteiger partial charge is 0.360 e. The van der Waals surface area contributed by atoms with Gasteiger partial charge in [0.2, 0.25) is 0 Å². The molecule has 0 bridgehead atoms. The molecule has 0 N–H and O–H groups in total. The molecule has 2 aromatic carbocycles. The molecule has 1 saturated heterocycles. The van der Waals surface area contributed by atoms with Gasteiger partial charge in [0, 0.05) is 0 Å². The molecule has 0 saturated carbocycles. The maximum Gasteiger partial charge on any atom is 0.416 e. The van der Waals surface area contributed by atoms with Crippen molar-refractivity contribution in [2.45, 2.75) is 76.7 Å². The number of epoxide rings is 1. The molecule has 1 nitrogen and oxygen atoms in total. The molecule has 3 rings (SSSR count). The minimum atomic E-state index is -4.33. The van der Waals surface area contributed by atoms with E-state index in [0.717, 1.165) is 18.1 Å². The standard InChI is InChI=1S/C26H31F3O/c1-2-3-4-5-6-7-8-11-20-12-9-13-21(18-20)16-17-24-25(30-24)22-14-10-15-23(19-22)26(27,28)29/h9-10,12-19,24-25H,2-8,11H2,1H3/t24-,25-/m0/s1. The van der Waals surface area contributed by atoms with Gasteiger partial charge in [-0.05, 0) is 41.7 Å². The Morgan fingerprint density at radius 2 is 1.63 bits per heavy atom. The molecular weight excluding hydrogens is 385 g/mol. The van der Waals surface area contributed by atoms with Gasteiger partial charge in [-0.1, -0.05) is 94.0 Å². The number of ether oxygens (including phenoxy) is 1. The molecule has 1 fully saturated rings. The fourth-order valence-corrected chi connectivity index (χ4v) is 3.77. The van der Waals surface area contributed by atoms with Gasteiger partial charge in [0.15, 0.2) is 0 Å². The van der Waals surface area contributed by atoms with Crippen LogP contribution in [0.4, 0.5) is 13.2 Å². The quantitative estimate of drug-likeness (QED) is 0.266. The van der Waals surface area contributed by atoms with Crippen molar-refractivity contribution in [2.75, 3.05) is 0 Å². The van der Waals surface area contributed by atoms with Crippen LogP contribution in [-0.2, 0) is 17.3 Å². The summed E-state index contributed by atoms with van der Waals surface area (Å²) >= 11 is 0. The first-order valence-electron chi connectivity index (χ1n) is 11.1. The van der Waals surface area contributed by atoms with Crippen LogP contribution in [0.1, 0.15) is 80.2 Å². The first-order valence-corrected chi connectivity index (χ1v) is 11.1. The number of hydrogen-bond donors (Lipinski definition) is 0. The molecule has 162 valence electrons. The van der Waals surface area contributed by atoms with E-state index in [2.05, 4.69) is 25.1 Å². The molecule has 1 heterocycles. The lowest BCUT2D eigenvalue weighted by Crippen LogP contribution is -2.05. The maximum absolute atomic E-state index is 12.9. The number of benzene rings is 2. The highest BCUT2D eigenvalue weighted by Gasteiger charge is 2.39. The van der Waals surface area contributed by atoms with E-state index in [1.807, 2.05) is 18.2 Å². The summed E-state index contributed by atoms with van der Waals surface area (Å²) in [6.07, 6.45) is 9.36. The molecular formula is C26H31F3O. The minimum Gasteiger partial charge on any atom is -0.360 e. The van der Waals surface area contributed by atoms with Crippen LogP contribution in [0.15, 0.2) is 54.6 Å². The second-order valence-electron chi connectivity index (χ2n) is 8.12. The molecule has 4 heteroatoms. The number of hydrogen-bond acceptors (Lipinski definition) is 1. The van der Waals surface area contributed by atoms with Crippen LogP contribution in [0.25, 0.3) is 6.08 Å². The van der Waals surface area contributed by atoms with Gasteiger partial charge in [0.1, 0.15) is 12.2 Å². The maximum atomic E-state index is 12.9. The zero-order valence-corrected chi connectivity index (χ0v) is 17.6. The van der Waals surface area contributed by atoms with Crippen LogP contribution in [0, 0.1) is 0 Å². The van der Waals surface area contributed by atoms with Crippen LogP contribution in [0.5, 0.6) is 0 Å². The number of unbranched alkanes of at least 4 members (excludes halogenated alkanes) is 6. The molecule has 0 aromatic heterocycles. The molecule has 1 aliphatic rings. The van der Waals surface area contributed by atoms with E-state index in [1.165, 1.54) is 62.6 Å². The normalized spacial score (nSPS) is 18.8. The average Bonchev–Trinajstić information content (AvgIpc) is 3.51. The van der Waals surface area contributed by atoms with E-state index in [9.17, 15) is 13.2 Å². The second kappa shape index (κ2) is 10.8. The fraction of sp³-hybridized carbons (Fsp3) is 0.462. The molecule has 0 spiro atoms. The first kappa shape index (κ1) is 22.6. The van der Waals surface area contributed by atoms with Crippen molar-refractivity contribution in [1.82, 2.24) is 0 Å². The molecule has 0 radical (unpaired) electrons. The monoisotopic (exact) mass is 416 g/mol. The highest BCUT2D eigenvalue weighted by Crippen LogP contribution is 2.41. The third kappa shape index (κ3) is 7.02. The van der Waals surface area contributed by atoms with Crippen molar-refractivity contribution in [1.29, 1.82) is 0 Å². The predicted molar refractivity (Wildman–Crippen MR) is 116 cm³/mol. The first-order chi connectivity index (χ1) is 14.5. The number of rotatable bonds is 11. The van der Waals surface area contributed by atoms with Gasteiger partial charge >= 0.3 is 6.18 Å². The van der Waals surface area contributed by atoms with E-state index in [4.69, 9.17) is 4.74 Å². The zero-order valence-electron chi connectivity index (χ0n) is 17.6. The van der Waals surface area contributed by atoms with E-state index < -0.39 is 11.7 Å². The van der Waals surface area contributed by atoms with Crippen molar-refractivity contribution in [3.05, 3.63) is 76.9 Å². The van der Waals surface area contributed by atoms with Gasteiger partial charge in [-0.15, -0.1) is 0 Å². The third-order valence-corrected chi connectivity index (χ3v) is 5.57. The molecule has 30 heavy (non-hydrogen) atoms. The van der Waals surface area contributed by atoms with Crippen LogP contribution < -0.4 is 0 Å².